The predicted molar refractivity (Wildman–Crippen MR) is 110 cm³/mol. The Hall–Kier alpha value is -2.15. The molecule has 0 amide bonds. The molecule has 1 saturated carbocycles. The molecule has 0 bridgehead atoms. The number of fused-ring (bicyclic) bond motifs is 2. The SMILES string of the molecule is CC(=O)OC1CCC2(C)CCC3(C)C(C(C)C)C(OC(C)=O)C(=O)C3(O)c3occ1c32. The van der Waals surface area contributed by atoms with Crippen LogP contribution in [0.5, 0.6) is 0 Å². The summed E-state index contributed by atoms with van der Waals surface area (Å²) in [4.78, 5) is 37.2. The lowest BCUT2D eigenvalue weighted by Gasteiger charge is -2.41. The molecule has 0 spiro atoms. The van der Waals surface area contributed by atoms with Crippen LogP contribution in [0.15, 0.2) is 10.7 Å². The van der Waals surface area contributed by atoms with Crippen molar-refractivity contribution in [2.24, 2.45) is 17.3 Å². The van der Waals surface area contributed by atoms with Crippen LogP contribution >= 0.6 is 0 Å². The molecule has 7 heteroatoms. The summed E-state index contributed by atoms with van der Waals surface area (Å²) in [5, 5.41) is 12.2. The van der Waals surface area contributed by atoms with Crippen LogP contribution in [-0.2, 0) is 34.9 Å². The van der Waals surface area contributed by atoms with E-state index < -0.39 is 35.0 Å². The van der Waals surface area contributed by atoms with E-state index in [0.717, 1.165) is 24.0 Å². The Morgan fingerprint density at radius 2 is 1.77 bits per heavy atom. The van der Waals surface area contributed by atoms with E-state index in [1.165, 1.54) is 20.1 Å². The molecule has 170 valence electrons. The number of hydrogen-bond acceptors (Lipinski definition) is 7. The van der Waals surface area contributed by atoms with Gasteiger partial charge in [0.2, 0.25) is 5.78 Å². The number of carbonyl (C=O) groups excluding carboxylic acids is 3. The molecule has 1 N–H and O–H groups in total. The van der Waals surface area contributed by atoms with E-state index in [2.05, 4.69) is 6.92 Å². The summed E-state index contributed by atoms with van der Waals surface area (Å²) in [6, 6.07) is 0. The number of rotatable bonds is 3. The molecule has 6 unspecified atom stereocenters. The van der Waals surface area contributed by atoms with Crippen molar-refractivity contribution in [3.05, 3.63) is 23.2 Å². The molecule has 0 saturated heterocycles. The first-order valence-electron chi connectivity index (χ1n) is 11.1. The van der Waals surface area contributed by atoms with Gasteiger partial charge in [-0.05, 0) is 37.0 Å². The van der Waals surface area contributed by atoms with Gasteiger partial charge in [0.15, 0.2) is 11.7 Å². The zero-order valence-corrected chi connectivity index (χ0v) is 19.1. The van der Waals surface area contributed by atoms with E-state index in [9.17, 15) is 19.5 Å². The van der Waals surface area contributed by atoms with Crippen molar-refractivity contribution in [3.8, 4) is 0 Å². The number of ketones is 1. The fourth-order valence-corrected chi connectivity index (χ4v) is 6.67. The highest BCUT2D eigenvalue weighted by Crippen LogP contribution is 2.65. The van der Waals surface area contributed by atoms with E-state index in [0.29, 0.717) is 12.8 Å². The Morgan fingerprint density at radius 1 is 1.13 bits per heavy atom. The number of esters is 2. The Labute approximate surface area is 182 Å². The van der Waals surface area contributed by atoms with E-state index in [-0.39, 0.29) is 29.0 Å². The summed E-state index contributed by atoms with van der Waals surface area (Å²) in [5.74, 6) is -1.59. The van der Waals surface area contributed by atoms with Gasteiger partial charge in [0.05, 0.1) is 6.26 Å². The van der Waals surface area contributed by atoms with Gasteiger partial charge >= 0.3 is 11.9 Å². The third-order valence-electron chi connectivity index (χ3n) is 8.08. The molecular formula is C24H32O7. The lowest BCUT2D eigenvalue weighted by molar-refractivity contribution is -0.159. The van der Waals surface area contributed by atoms with Crippen LogP contribution in [0.1, 0.15) is 90.2 Å². The van der Waals surface area contributed by atoms with Crippen molar-refractivity contribution in [2.45, 2.75) is 90.4 Å². The fraction of sp³-hybridized carbons (Fsp3) is 0.708. The Bertz CT molecular complexity index is 946. The average Bonchev–Trinajstić information content (AvgIpc) is 3.16. The Balaban J connectivity index is 1.94. The molecule has 1 aromatic heterocycles. The average molecular weight is 433 g/mol. The topological polar surface area (TPSA) is 103 Å². The minimum Gasteiger partial charge on any atom is -0.465 e. The van der Waals surface area contributed by atoms with Crippen LogP contribution in [0.3, 0.4) is 0 Å². The summed E-state index contributed by atoms with van der Waals surface area (Å²) < 4.78 is 17.0. The number of ether oxygens (including phenoxy) is 2. The summed E-state index contributed by atoms with van der Waals surface area (Å²) >= 11 is 0. The zero-order valence-electron chi connectivity index (χ0n) is 19.1. The third kappa shape index (κ3) is 2.85. The second-order valence-corrected chi connectivity index (χ2v) is 10.4. The number of carbonyl (C=O) groups is 3. The minimum atomic E-state index is -1.93. The quantitative estimate of drug-likeness (QED) is 0.726. The normalized spacial score (nSPS) is 39.0. The van der Waals surface area contributed by atoms with Crippen LogP contribution in [0.2, 0.25) is 0 Å². The van der Waals surface area contributed by atoms with Crippen molar-refractivity contribution in [3.63, 3.8) is 0 Å². The van der Waals surface area contributed by atoms with Gasteiger partial charge < -0.3 is 19.0 Å². The van der Waals surface area contributed by atoms with E-state index in [4.69, 9.17) is 13.9 Å². The highest BCUT2D eigenvalue weighted by molar-refractivity contribution is 5.97. The smallest absolute Gasteiger partial charge is 0.303 e. The standard InChI is InChI=1S/C24H32O7/c1-12(2)17-19(31-14(4)26)20(27)24(28)21-18-15(11-29-21)16(30-13(3)25)7-8-22(18,5)9-10-23(17,24)6/h11-12,16-17,19,28H,7-10H2,1-6H3. The summed E-state index contributed by atoms with van der Waals surface area (Å²) in [7, 11) is 0. The van der Waals surface area contributed by atoms with E-state index >= 15 is 0 Å². The van der Waals surface area contributed by atoms with Gasteiger partial charge in [-0.15, -0.1) is 0 Å². The monoisotopic (exact) mass is 432 g/mol. The van der Waals surface area contributed by atoms with Gasteiger partial charge in [0.1, 0.15) is 11.9 Å². The Morgan fingerprint density at radius 3 is 2.35 bits per heavy atom. The molecule has 0 aliphatic heterocycles. The van der Waals surface area contributed by atoms with Crippen molar-refractivity contribution < 1.29 is 33.4 Å². The van der Waals surface area contributed by atoms with Crippen LogP contribution in [-0.4, -0.2) is 28.9 Å². The largest absolute Gasteiger partial charge is 0.465 e. The molecule has 1 heterocycles. The van der Waals surface area contributed by atoms with Crippen molar-refractivity contribution in [1.29, 1.82) is 0 Å². The van der Waals surface area contributed by atoms with Gasteiger partial charge in [0, 0.05) is 36.3 Å². The second kappa shape index (κ2) is 6.92. The van der Waals surface area contributed by atoms with Gasteiger partial charge in [-0.2, -0.15) is 0 Å². The van der Waals surface area contributed by atoms with Gasteiger partial charge in [-0.1, -0.05) is 27.7 Å². The lowest BCUT2D eigenvalue weighted by atomic mass is 9.64. The first-order chi connectivity index (χ1) is 14.4. The molecule has 1 aromatic rings. The van der Waals surface area contributed by atoms with Gasteiger partial charge in [-0.3, -0.25) is 14.4 Å². The lowest BCUT2D eigenvalue weighted by Crippen LogP contribution is -2.46. The summed E-state index contributed by atoms with van der Waals surface area (Å²) in [5.41, 5.74) is -1.61. The number of hydrogen-bond donors (Lipinski definition) is 1. The molecule has 3 aliphatic carbocycles. The van der Waals surface area contributed by atoms with Gasteiger partial charge in [0.25, 0.3) is 0 Å². The maximum Gasteiger partial charge on any atom is 0.303 e. The number of Topliss-reactive ketones (excluding diaryl/α,β-unsaturated/α-hetero) is 1. The molecule has 31 heavy (non-hydrogen) atoms. The first kappa shape index (κ1) is 22.1. The fourth-order valence-electron chi connectivity index (χ4n) is 6.67. The van der Waals surface area contributed by atoms with Crippen LogP contribution < -0.4 is 0 Å². The van der Waals surface area contributed by atoms with E-state index in [1.807, 2.05) is 20.8 Å². The third-order valence-corrected chi connectivity index (χ3v) is 8.08. The summed E-state index contributed by atoms with van der Waals surface area (Å²) in [6.45, 7) is 10.7. The molecule has 0 radical (unpaired) electrons. The minimum absolute atomic E-state index is 0.00603. The van der Waals surface area contributed by atoms with Crippen molar-refractivity contribution in [1.82, 2.24) is 0 Å². The second-order valence-electron chi connectivity index (χ2n) is 10.4. The highest BCUT2D eigenvalue weighted by atomic mass is 16.6. The molecule has 6 atom stereocenters. The molecule has 0 aromatic carbocycles. The molecular weight excluding hydrogens is 400 g/mol. The maximum absolute atomic E-state index is 13.7. The van der Waals surface area contributed by atoms with Crippen LogP contribution in [0.25, 0.3) is 0 Å². The predicted octanol–water partition coefficient (Wildman–Crippen LogP) is 3.71. The number of aliphatic hydroxyl groups is 1. The number of furan rings is 1. The van der Waals surface area contributed by atoms with Crippen molar-refractivity contribution >= 4 is 17.7 Å². The van der Waals surface area contributed by atoms with Crippen LogP contribution in [0, 0.1) is 17.3 Å². The molecule has 3 aliphatic rings. The van der Waals surface area contributed by atoms with Crippen molar-refractivity contribution in [2.75, 3.05) is 0 Å². The molecule has 4 rings (SSSR count). The highest BCUT2D eigenvalue weighted by Gasteiger charge is 2.72. The molecule has 7 nitrogen and oxygen atoms in total. The van der Waals surface area contributed by atoms with E-state index in [1.54, 1.807) is 0 Å². The summed E-state index contributed by atoms with van der Waals surface area (Å²) in [6.07, 6.45) is 2.75. The first-order valence-corrected chi connectivity index (χ1v) is 11.1. The zero-order chi connectivity index (χ0) is 22.9. The van der Waals surface area contributed by atoms with Gasteiger partial charge in [-0.25, -0.2) is 0 Å². The molecule has 1 fully saturated rings. The maximum atomic E-state index is 13.7. The van der Waals surface area contributed by atoms with Crippen LogP contribution in [0.4, 0.5) is 0 Å². The Kier molecular flexibility index (Phi) is 4.93.